The van der Waals surface area contributed by atoms with Crippen LogP contribution in [0.3, 0.4) is 0 Å². The second-order valence-corrected chi connectivity index (χ2v) is 5.21. The highest BCUT2D eigenvalue weighted by Crippen LogP contribution is 2.23. The monoisotopic (exact) mass is 310 g/mol. The zero-order valence-electron chi connectivity index (χ0n) is 11.3. The third-order valence-corrected chi connectivity index (χ3v) is 3.82. The molecule has 0 spiro atoms. The van der Waals surface area contributed by atoms with E-state index in [9.17, 15) is 14.9 Å². The first-order valence-electron chi connectivity index (χ1n) is 6.17. The number of nitrogens with zero attached hydrogens (tertiary/aromatic N) is 1. The Morgan fingerprint density at radius 1 is 1.52 bits per heavy atom. The minimum atomic E-state index is -0.589. The SMILES string of the molecule is COC(=O)CC(NCc1ccc([N+](=O)[O-])o1)c1cccs1. The van der Waals surface area contributed by atoms with Crippen LogP contribution in [0, 0.1) is 10.1 Å². The molecular weight excluding hydrogens is 296 g/mol. The van der Waals surface area contributed by atoms with E-state index >= 15 is 0 Å². The summed E-state index contributed by atoms with van der Waals surface area (Å²) >= 11 is 1.52. The molecule has 0 radical (unpaired) electrons. The minimum Gasteiger partial charge on any atom is -0.469 e. The maximum absolute atomic E-state index is 11.5. The van der Waals surface area contributed by atoms with Gasteiger partial charge in [0.05, 0.1) is 32.2 Å². The molecule has 2 aromatic rings. The smallest absolute Gasteiger partial charge is 0.433 e. The van der Waals surface area contributed by atoms with Gasteiger partial charge in [-0.1, -0.05) is 6.07 Å². The van der Waals surface area contributed by atoms with Crippen LogP contribution < -0.4 is 5.32 Å². The molecule has 0 aliphatic heterocycles. The van der Waals surface area contributed by atoms with Crippen LogP contribution in [0.4, 0.5) is 5.88 Å². The summed E-state index contributed by atoms with van der Waals surface area (Å²) in [6, 6.07) is 6.42. The molecule has 0 aromatic carbocycles. The predicted octanol–water partition coefficient (Wildman–Crippen LogP) is 2.64. The Labute approximate surface area is 124 Å². The van der Waals surface area contributed by atoms with Crippen molar-refractivity contribution in [2.24, 2.45) is 0 Å². The zero-order chi connectivity index (χ0) is 15.2. The van der Waals surface area contributed by atoms with Crippen molar-refractivity contribution in [3.63, 3.8) is 0 Å². The highest BCUT2D eigenvalue weighted by atomic mass is 32.1. The maximum atomic E-state index is 11.5. The molecule has 0 aliphatic carbocycles. The van der Waals surface area contributed by atoms with Crippen LogP contribution in [-0.2, 0) is 16.1 Å². The predicted molar refractivity (Wildman–Crippen MR) is 75.9 cm³/mol. The summed E-state index contributed by atoms with van der Waals surface area (Å²) in [5.74, 6) is -0.188. The number of ether oxygens (including phenoxy) is 1. The second-order valence-electron chi connectivity index (χ2n) is 4.23. The molecule has 1 unspecified atom stereocenters. The molecule has 2 heterocycles. The molecule has 2 rings (SSSR count). The number of hydrogen-bond donors (Lipinski definition) is 1. The van der Waals surface area contributed by atoms with E-state index in [2.05, 4.69) is 10.1 Å². The molecule has 21 heavy (non-hydrogen) atoms. The van der Waals surface area contributed by atoms with Gasteiger partial charge in [-0.15, -0.1) is 11.3 Å². The molecule has 8 heteroatoms. The lowest BCUT2D eigenvalue weighted by Gasteiger charge is -2.15. The molecule has 0 amide bonds. The van der Waals surface area contributed by atoms with Crippen molar-refractivity contribution in [1.29, 1.82) is 0 Å². The van der Waals surface area contributed by atoms with Gasteiger partial charge >= 0.3 is 11.9 Å². The van der Waals surface area contributed by atoms with Crippen LogP contribution in [0.5, 0.6) is 0 Å². The molecule has 0 aliphatic rings. The van der Waals surface area contributed by atoms with Crippen molar-refractivity contribution in [3.05, 3.63) is 50.4 Å². The quantitative estimate of drug-likeness (QED) is 0.480. The van der Waals surface area contributed by atoms with Gasteiger partial charge in [-0.3, -0.25) is 14.9 Å². The minimum absolute atomic E-state index is 0.180. The fourth-order valence-electron chi connectivity index (χ4n) is 1.80. The Morgan fingerprint density at radius 2 is 2.33 bits per heavy atom. The average molecular weight is 310 g/mol. The van der Waals surface area contributed by atoms with E-state index in [0.717, 1.165) is 4.88 Å². The zero-order valence-corrected chi connectivity index (χ0v) is 12.1. The summed E-state index contributed by atoms with van der Waals surface area (Å²) in [4.78, 5) is 22.4. The van der Waals surface area contributed by atoms with Crippen LogP contribution in [0.25, 0.3) is 0 Å². The van der Waals surface area contributed by atoms with Gasteiger partial charge in [0, 0.05) is 4.88 Å². The number of methoxy groups -OCH3 is 1. The van der Waals surface area contributed by atoms with Gasteiger partial charge in [0.25, 0.3) is 0 Å². The fourth-order valence-corrected chi connectivity index (χ4v) is 2.60. The second kappa shape index (κ2) is 7.00. The Bertz CT molecular complexity index is 608. The lowest BCUT2D eigenvalue weighted by Crippen LogP contribution is -2.23. The largest absolute Gasteiger partial charge is 0.469 e. The normalized spacial score (nSPS) is 12.0. The Kier molecular flexibility index (Phi) is 5.07. The molecule has 1 atom stereocenters. The highest BCUT2D eigenvalue weighted by molar-refractivity contribution is 7.10. The van der Waals surface area contributed by atoms with Gasteiger partial charge in [0.1, 0.15) is 10.7 Å². The summed E-state index contributed by atoms with van der Waals surface area (Å²) in [7, 11) is 1.34. The number of furan rings is 1. The fraction of sp³-hybridized carbons (Fsp3) is 0.308. The van der Waals surface area contributed by atoms with Gasteiger partial charge in [-0.25, -0.2) is 0 Å². The number of thiophene rings is 1. The van der Waals surface area contributed by atoms with Crippen LogP contribution >= 0.6 is 11.3 Å². The van der Waals surface area contributed by atoms with Crippen molar-refractivity contribution >= 4 is 23.2 Å². The number of rotatable bonds is 7. The number of esters is 1. The van der Waals surface area contributed by atoms with Crippen LogP contribution in [0.15, 0.2) is 34.1 Å². The first kappa shape index (κ1) is 15.2. The molecule has 0 bridgehead atoms. The van der Waals surface area contributed by atoms with E-state index in [4.69, 9.17) is 4.42 Å². The van der Waals surface area contributed by atoms with Crippen LogP contribution in [0.2, 0.25) is 0 Å². The maximum Gasteiger partial charge on any atom is 0.433 e. The molecule has 2 aromatic heterocycles. The summed E-state index contributed by atoms with van der Waals surface area (Å²) in [6.45, 7) is 0.285. The summed E-state index contributed by atoms with van der Waals surface area (Å²) in [5.41, 5.74) is 0. The average Bonchev–Trinajstić information content (AvgIpc) is 3.14. The molecule has 1 N–H and O–H groups in total. The molecule has 0 saturated carbocycles. The van der Waals surface area contributed by atoms with E-state index in [0.29, 0.717) is 5.76 Å². The Balaban J connectivity index is 2.01. The lowest BCUT2D eigenvalue weighted by atomic mass is 10.1. The van der Waals surface area contributed by atoms with Gasteiger partial charge in [-0.05, 0) is 17.5 Å². The highest BCUT2D eigenvalue weighted by Gasteiger charge is 2.18. The summed E-state index contributed by atoms with van der Waals surface area (Å²) < 4.78 is 9.75. The van der Waals surface area contributed by atoms with Crippen molar-refractivity contribution in [1.82, 2.24) is 5.32 Å². The van der Waals surface area contributed by atoms with Gasteiger partial charge in [0.2, 0.25) is 0 Å². The standard InChI is InChI=1S/C13H14N2O5S/c1-19-13(16)7-10(11-3-2-6-21-11)14-8-9-4-5-12(20-9)15(17)18/h2-6,10,14H,7-8H2,1H3. The molecule has 7 nitrogen and oxygen atoms in total. The van der Waals surface area contributed by atoms with Crippen LogP contribution in [-0.4, -0.2) is 18.0 Å². The third kappa shape index (κ3) is 4.14. The van der Waals surface area contributed by atoms with E-state index < -0.39 is 4.92 Å². The summed E-state index contributed by atoms with van der Waals surface area (Å²) in [5, 5.41) is 15.6. The Hall–Kier alpha value is -2.19. The van der Waals surface area contributed by atoms with E-state index in [1.807, 2.05) is 17.5 Å². The van der Waals surface area contributed by atoms with Crippen LogP contribution in [0.1, 0.15) is 23.1 Å². The van der Waals surface area contributed by atoms with Crippen molar-refractivity contribution in [2.75, 3.05) is 7.11 Å². The first-order chi connectivity index (χ1) is 10.1. The number of hydrogen-bond acceptors (Lipinski definition) is 7. The third-order valence-electron chi connectivity index (χ3n) is 2.84. The van der Waals surface area contributed by atoms with Gasteiger partial charge in [0.15, 0.2) is 0 Å². The Morgan fingerprint density at radius 3 is 2.90 bits per heavy atom. The van der Waals surface area contributed by atoms with E-state index in [-0.39, 0.29) is 30.9 Å². The molecule has 0 saturated heterocycles. The number of nitro groups is 1. The molecule has 112 valence electrons. The van der Waals surface area contributed by atoms with Crippen molar-refractivity contribution in [2.45, 2.75) is 19.0 Å². The number of carbonyl (C=O) groups excluding carboxylic acids is 1. The van der Waals surface area contributed by atoms with E-state index in [1.165, 1.54) is 30.6 Å². The van der Waals surface area contributed by atoms with Gasteiger partial charge < -0.3 is 14.5 Å². The molecule has 0 fully saturated rings. The van der Waals surface area contributed by atoms with E-state index in [1.54, 1.807) is 0 Å². The first-order valence-corrected chi connectivity index (χ1v) is 7.05. The number of nitrogens with one attached hydrogen (secondary N) is 1. The van der Waals surface area contributed by atoms with Crippen molar-refractivity contribution in [3.8, 4) is 0 Å². The van der Waals surface area contributed by atoms with Crippen molar-refractivity contribution < 1.29 is 18.9 Å². The molecular formula is C13H14N2O5S. The summed E-state index contributed by atoms with van der Waals surface area (Å²) in [6.07, 6.45) is 0.180. The lowest BCUT2D eigenvalue weighted by molar-refractivity contribution is -0.402. The topological polar surface area (TPSA) is 94.6 Å². The van der Waals surface area contributed by atoms with Gasteiger partial charge in [-0.2, -0.15) is 0 Å². The number of carbonyl (C=O) groups is 1.